The average molecular weight is 159 g/mol. The molecule has 0 aromatic carbocycles. The smallest absolute Gasteiger partial charge is 0.219 e. The van der Waals surface area contributed by atoms with E-state index in [1.165, 1.54) is 0 Å². The van der Waals surface area contributed by atoms with E-state index in [9.17, 15) is 0 Å². The SMILES string of the molecule is C=C(N=C(N)NO)NCCN. The van der Waals surface area contributed by atoms with Crippen LogP contribution in [-0.2, 0) is 0 Å². The second-order valence-corrected chi connectivity index (χ2v) is 1.77. The fourth-order valence-corrected chi connectivity index (χ4v) is 0.426. The summed E-state index contributed by atoms with van der Waals surface area (Å²) in [4.78, 5) is 3.61. The summed E-state index contributed by atoms with van der Waals surface area (Å²) >= 11 is 0. The third kappa shape index (κ3) is 5.19. The van der Waals surface area contributed by atoms with Gasteiger partial charge < -0.3 is 16.8 Å². The predicted molar refractivity (Wildman–Crippen MR) is 42.7 cm³/mol. The molecule has 0 aliphatic heterocycles. The molecule has 0 saturated heterocycles. The van der Waals surface area contributed by atoms with Gasteiger partial charge in [-0.05, 0) is 0 Å². The van der Waals surface area contributed by atoms with Crippen LogP contribution >= 0.6 is 0 Å². The summed E-state index contributed by atoms with van der Waals surface area (Å²) in [5, 5.41) is 11.0. The highest BCUT2D eigenvalue weighted by molar-refractivity contribution is 5.77. The highest BCUT2D eigenvalue weighted by atomic mass is 16.5. The van der Waals surface area contributed by atoms with Gasteiger partial charge in [0, 0.05) is 13.1 Å². The van der Waals surface area contributed by atoms with Crippen molar-refractivity contribution in [2.75, 3.05) is 13.1 Å². The Balaban J connectivity index is 3.67. The molecule has 0 aromatic heterocycles. The monoisotopic (exact) mass is 159 g/mol. The van der Waals surface area contributed by atoms with Crippen molar-refractivity contribution in [2.24, 2.45) is 16.5 Å². The maximum Gasteiger partial charge on any atom is 0.219 e. The number of nitrogens with one attached hydrogen (secondary N) is 2. The summed E-state index contributed by atoms with van der Waals surface area (Å²) in [6, 6.07) is 0. The fourth-order valence-electron chi connectivity index (χ4n) is 0.426. The van der Waals surface area contributed by atoms with Crippen LogP contribution in [0.4, 0.5) is 0 Å². The Kier molecular flexibility index (Phi) is 4.87. The normalized spacial score (nSPS) is 10.9. The first-order chi connectivity index (χ1) is 5.20. The number of aliphatic imine (C=N–C) groups is 1. The Hall–Kier alpha value is -1.27. The maximum absolute atomic E-state index is 8.21. The number of rotatable bonds is 4. The van der Waals surface area contributed by atoms with E-state index in [0.717, 1.165) is 0 Å². The van der Waals surface area contributed by atoms with Gasteiger partial charge in [-0.2, -0.15) is 4.99 Å². The minimum absolute atomic E-state index is 0.112. The van der Waals surface area contributed by atoms with Crippen molar-refractivity contribution in [2.45, 2.75) is 0 Å². The second kappa shape index (κ2) is 5.51. The van der Waals surface area contributed by atoms with Gasteiger partial charge in [0.1, 0.15) is 5.82 Å². The minimum Gasteiger partial charge on any atom is -0.369 e. The van der Waals surface area contributed by atoms with Gasteiger partial charge in [0.25, 0.3) is 0 Å². The lowest BCUT2D eigenvalue weighted by atomic mass is 10.6. The molecule has 11 heavy (non-hydrogen) atoms. The second-order valence-electron chi connectivity index (χ2n) is 1.77. The van der Waals surface area contributed by atoms with Crippen molar-refractivity contribution < 1.29 is 5.21 Å². The van der Waals surface area contributed by atoms with E-state index in [4.69, 9.17) is 16.7 Å². The first-order valence-corrected chi connectivity index (χ1v) is 3.07. The Morgan fingerprint density at radius 3 is 2.73 bits per heavy atom. The van der Waals surface area contributed by atoms with E-state index in [1.807, 2.05) is 0 Å². The number of hydrogen-bond donors (Lipinski definition) is 5. The molecule has 0 spiro atoms. The van der Waals surface area contributed by atoms with Crippen molar-refractivity contribution in [3.63, 3.8) is 0 Å². The molecule has 0 rings (SSSR count). The number of nitrogens with zero attached hydrogens (tertiary/aromatic N) is 1. The fraction of sp³-hybridized carbons (Fsp3) is 0.400. The quantitative estimate of drug-likeness (QED) is 0.191. The Morgan fingerprint density at radius 2 is 2.27 bits per heavy atom. The molecule has 6 heteroatoms. The molecule has 0 amide bonds. The largest absolute Gasteiger partial charge is 0.369 e. The van der Waals surface area contributed by atoms with E-state index in [1.54, 1.807) is 5.48 Å². The third-order valence-electron chi connectivity index (χ3n) is 0.843. The molecule has 7 N–H and O–H groups in total. The molecule has 0 radical (unpaired) electrons. The molecular weight excluding hydrogens is 146 g/mol. The van der Waals surface area contributed by atoms with Gasteiger partial charge >= 0.3 is 0 Å². The Morgan fingerprint density at radius 1 is 1.64 bits per heavy atom. The average Bonchev–Trinajstić information content (AvgIpc) is 2.00. The molecule has 64 valence electrons. The first-order valence-electron chi connectivity index (χ1n) is 3.07. The summed E-state index contributed by atoms with van der Waals surface area (Å²) in [7, 11) is 0. The highest BCUT2D eigenvalue weighted by Crippen LogP contribution is 1.82. The minimum atomic E-state index is -0.112. The molecule has 0 atom stereocenters. The van der Waals surface area contributed by atoms with Gasteiger partial charge in [-0.1, -0.05) is 6.58 Å². The lowest BCUT2D eigenvalue weighted by molar-refractivity contribution is 0.233. The lowest BCUT2D eigenvalue weighted by Gasteiger charge is -2.03. The molecule has 6 nitrogen and oxygen atoms in total. The van der Waals surface area contributed by atoms with Gasteiger partial charge in [-0.3, -0.25) is 5.21 Å². The third-order valence-corrected chi connectivity index (χ3v) is 0.843. The highest BCUT2D eigenvalue weighted by Gasteiger charge is 1.89. The van der Waals surface area contributed by atoms with Crippen LogP contribution in [0.15, 0.2) is 17.4 Å². The van der Waals surface area contributed by atoms with Crippen LogP contribution in [0.3, 0.4) is 0 Å². The van der Waals surface area contributed by atoms with Gasteiger partial charge in [0.05, 0.1) is 0 Å². The van der Waals surface area contributed by atoms with Crippen LogP contribution < -0.4 is 22.3 Å². The van der Waals surface area contributed by atoms with E-state index in [0.29, 0.717) is 18.9 Å². The van der Waals surface area contributed by atoms with Crippen molar-refractivity contribution in [3.05, 3.63) is 12.4 Å². The molecule has 0 aromatic rings. The van der Waals surface area contributed by atoms with Crippen LogP contribution in [0.1, 0.15) is 0 Å². The van der Waals surface area contributed by atoms with E-state index in [2.05, 4.69) is 16.9 Å². The summed E-state index contributed by atoms with van der Waals surface area (Å²) in [6.07, 6.45) is 0. The van der Waals surface area contributed by atoms with Crippen LogP contribution in [-0.4, -0.2) is 24.3 Å². The number of hydrogen-bond acceptors (Lipinski definition) is 4. The van der Waals surface area contributed by atoms with E-state index >= 15 is 0 Å². The van der Waals surface area contributed by atoms with E-state index in [-0.39, 0.29) is 5.96 Å². The predicted octanol–water partition coefficient (Wildman–Crippen LogP) is -1.70. The van der Waals surface area contributed by atoms with Crippen LogP contribution in [0, 0.1) is 0 Å². The zero-order valence-electron chi connectivity index (χ0n) is 6.17. The number of guanidine groups is 1. The molecule has 0 aliphatic carbocycles. The molecular formula is C5H13N5O. The van der Waals surface area contributed by atoms with Crippen LogP contribution in [0.2, 0.25) is 0 Å². The zero-order chi connectivity index (χ0) is 8.69. The lowest BCUT2D eigenvalue weighted by Crippen LogP contribution is -2.30. The number of hydroxylamine groups is 1. The number of nitrogens with two attached hydrogens (primary N) is 2. The van der Waals surface area contributed by atoms with Gasteiger partial charge in [-0.25, -0.2) is 5.48 Å². The molecule has 0 fully saturated rings. The molecule has 0 unspecified atom stereocenters. The zero-order valence-corrected chi connectivity index (χ0v) is 6.17. The van der Waals surface area contributed by atoms with Crippen LogP contribution in [0.25, 0.3) is 0 Å². The first kappa shape index (κ1) is 9.73. The molecule has 0 bridgehead atoms. The maximum atomic E-state index is 8.21. The topological polar surface area (TPSA) is 109 Å². The van der Waals surface area contributed by atoms with Crippen LogP contribution in [0.5, 0.6) is 0 Å². The van der Waals surface area contributed by atoms with Crippen molar-refractivity contribution in [1.29, 1.82) is 0 Å². The molecule has 0 heterocycles. The van der Waals surface area contributed by atoms with Crippen molar-refractivity contribution in [1.82, 2.24) is 10.8 Å². The summed E-state index contributed by atoms with van der Waals surface area (Å²) in [5.74, 6) is 0.244. The van der Waals surface area contributed by atoms with Gasteiger partial charge in [-0.15, -0.1) is 0 Å². The van der Waals surface area contributed by atoms with Gasteiger partial charge in [0.2, 0.25) is 5.96 Å². The Labute approximate surface area is 64.9 Å². The van der Waals surface area contributed by atoms with Crippen molar-refractivity contribution >= 4 is 5.96 Å². The van der Waals surface area contributed by atoms with Gasteiger partial charge in [0.15, 0.2) is 0 Å². The molecule has 0 saturated carbocycles. The summed E-state index contributed by atoms with van der Waals surface area (Å²) in [5.41, 5.74) is 12.0. The standard InChI is InChI=1S/C5H13N5O/c1-4(8-3-2-6)9-5(7)10-11/h8,11H,1-3,6H2,(H3,7,9,10). The summed E-state index contributed by atoms with van der Waals surface area (Å²) in [6.45, 7) is 4.55. The van der Waals surface area contributed by atoms with E-state index < -0.39 is 0 Å². The van der Waals surface area contributed by atoms with Crippen molar-refractivity contribution in [3.8, 4) is 0 Å². The Bertz CT molecular complexity index is 155. The summed E-state index contributed by atoms with van der Waals surface area (Å²) < 4.78 is 0. The molecule has 0 aliphatic rings.